The molecule has 0 saturated carbocycles. The highest BCUT2D eigenvalue weighted by Crippen LogP contribution is 2.23. The van der Waals surface area contributed by atoms with Gasteiger partial charge in [0.25, 0.3) is 5.91 Å². The van der Waals surface area contributed by atoms with E-state index in [1.807, 2.05) is 45.2 Å². The molecule has 0 unspecified atom stereocenters. The zero-order valence-corrected chi connectivity index (χ0v) is 15.2. The van der Waals surface area contributed by atoms with Crippen molar-refractivity contribution in [3.63, 3.8) is 0 Å². The molecule has 25 heavy (non-hydrogen) atoms. The van der Waals surface area contributed by atoms with Crippen molar-refractivity contribution in [2.45, 2.75) is 27.3 Å². The van der Waals surface area contributed by atoms with Gasteiger partial charge in [-0.15, -0.1) is 0 Å². The van der Waals surface area contributed by atoms with E-state index in [9.17, 15) is 4.79 Å². The molecule has 0 atom stereocenters. The number of carbonyl (C=O) groups excluding carboxylic acids is 1. The summed E-state index contributed by atoms with van der Waals surface area (Å²) in [6, 6.07) is 14.2. The van der Waals surface area contributed by atoms with Crippen LogP contribution in [0.5, 0.6) is 0 Å². The second-order valence-corrected chi connectivity index (χ2v) is 6.48. The van der Waals surface area contributed by atoms with Crippen LogP contribution in [0, 0.1) is 20.8 Å². The van der Waals surface area contributed by atoms with E-state index in [4.69, 9.17) is 0 Å². The van der Waals surface area contributed by atoms with E-state index in [1.165, 1.54) is 5.56 Å². The maximum absolute atomic E-state index is 12.9. The van der Waals surface area contributed by atoms with Crippen molar-refractivity contribution in [1.82, 2.24) is 14.5 Å². The fourth-order valence-corrected chi connectivity index (χ4v) is 3.18. The van der Waals surface area contributed by atoms with Gasteiger partial charge in [0.1, 0.15) is 0 Å². The lowest BCUT2D eigenvalue weighted by Crippen LogP contribution is -2.26. The summed E-state index contributed by atoms with van der Waals surface area (Å²) in [4.78, 5) is 18.7. The maximum Gasteiger partial charge on any atom is 0.255 e. The molecule has 2 heterocycles. The highest BCUT2D eigenvalue weighted by molar-refractivity contribution is 5.95. The zero-order chi connectivity index (χ0) is 18.0. The Morgan fingerprint density at radius 3 is 2.48 bits per heavy atom. The standard InChI is InChI=1S/C21H23N3O/c1-15-6-5-7-19(12-15)24-16(2)13-20(17(24)3)21(25)23(4)14-18-8-10-22-11-9-18/h5-13H,14H2,1-4H3. The molecule has 0 bridgehead atoms. The fraction of sp³-hybridized carbons (Fsp3) is 0.238. The van der Waals surface area contributed by atoms with Crippen molar-refractivity contribution in [3.8, 4) is 5.69 Å². The molecular weight excluding hydrogens is 310 g/mol. The molecule has 0 N–H and O–H groups in total. The van der Waals surface area contributed by atoms with Crippen molar-refractivity contribution < 1.29 is 4.79 Å². The van der Waals surface area contributed by atoms with E-state index < -0.39 is 0 Å². The van der Waals surface area contributed by atoms with Crippen LogP contribution < -0.4 is 0 Å². The molecule has 2 aromatic heterocycles. The molecule has 1 amide bonds. The summed E-state index contributed by atoms with van der Waals surface area (Å²) in [5.41, 5.74) is 6.13. The van der Waals surface area contributed by atoms with Crippen molar-refractivity contribution in [2.75, 3.05) is 7.05 Å². The Balaban J connectivity index is 1.90. The van der Waals surface area contributed by atoms with Gasteiger partial charge in [-0.2, -0.15) is 0 Å². The van der Waals surface area contributed by atoms with E-state index in [1.54, 1.807) is 17.3 Å². The van der Waals surface area contributed by atoms with Gasteiger partial charge in [0.05, 0.1) is 5.56 Å². The molecule has 1 aromatic carbocycles. The lowest BCUT2D eigenvalue weighted by atomic mass is 10.2. The predicted molar refractivity (Wildman–Crippen MR) is 100 cm³/mol. The second kappa shape index (κ2) is 6.93. The minimum absolute atomic E-state index is 0.0313. The van der Waals surface area contributed by atoms with Gasteiger partial charge < -0.3 is 9.47 Å². The molecule has 3 rings (SSSR count). The van der Waals surface area contributed by atoms with Crippen LogP contribution in [-0.2, 0) is 6.54 Å². The molecule has 0 aliphatic carbocycles. The van der Waals surface area contributed by atoms with Crippen LogP contribution in [0.4, 0.5) is 0 Å². The monoisotopic (exact) mass is 333 g/mol. The summed E-state index contributed by atoms with van der Waals surface area (Å²) in [5.74, 6) is 0.0313. The molecular formula is C21H23N3O. The first-order chi connectivity index (χ1) is 12.0. The van der Waals surface area contributed by atoms with E-state index in [0.29, 0.717) is 6.54 Å². The van der Waals surface area contributed by atoms with E-state index in [-0.39, 0.29) is 5.91 Å². The van der Waals surface area contributed by atoms with Crippen LogP contribution in [0.25, 0.3) is 5.69 Å². The molecule has 128 valence electrons. The van der Waals surface area contributed by atoms with Gasteiger partial charge in [-0.05, 0) is 62.2 Å². The average molecular weight is 333 g/mol. The summed E-state index contributed by atoms with van der Waals surface area (Å²) in [6.45, 7) is 6.68. The number of hydrogen-bond acceptors (Lipinski definition) is 2. The van der Waals surface area contributed by atoms with Crippen LogP contribution in [0.3, 0.4) is 0 Å². The van der Waals surface area contributed by atoms with Crippen LogP contribution in [0.1, 0.15) is 32.9 Å². The van der Waals surface area contributed by atoms with Gasteiger partial charge in [0.15, 0.2) is 0 Å². The highest BCUT2D eigenvalue weighted by Gasteiger charge is 2.20. The third-order valence-electron chi connectivity index (χ3n) is 4.44. The highest BCUT2D eigenvalue weighted by atomic mass is 16.2. The Hall–Kier alpha value is -2.88. The quantitative estimate of drug-likeness (QED) is 0.722. The molecule has 4 heteroatoms. The van der Waals surface area contributed by atoms with E-state index >= 15 is 0 Å². The maximum atomic E-state index is 12.9. The Morgan fingerprint density at radius 1 is 1.08 bits per heavy atom. The van der Waals surface area contributed by atoms with E-state index in [2.05, 4.69) is 34.7 Å². The summed E-state index contributed by atoms with van der Waals surface area (Å²) in [7, 11) is 1.83. The smallest absolute Gasteiger partial charge is 0.255 e. The number of pyridine rings is 1. The van der Waals surface area contributed by atoms with Crippen molar-refractivity contribution in [2.24, 2.45) is 0 Å². The summed E-state index contributed by atoms with van der Waals surface area (Å²) in [6.07, 6.45) is 3.49. The summed E-state index contributed by atoms with van der Waals surface area (Å²) in [5, 5.41) is 0. The Morgan fingerprint density at radius 2 is 1.80 bits per heavy atom. The van der Waals surface area contributed by atoms with Gasteiger partial charge in [-0.3, -0.25) is 9.78 Å². The van der Waals surface area contributed by atoms with Gasteiger partial charge in [0, 0.05) is 43.1 Å². The first-order valence-electron chi connectivity index (χ1n) is 8.37. The largest absolute Gasteiger partial charge is 0.337 e. The minimum atomic E-state index is 0.0313. The number of carbonyl (C=O) groups is 1. The molecule has 0 saturated heterocycles. The van der Waals surface area contributed by atoms with Crippen molar-refractivity contribution >= 4 is 5.91 Å². The van der Waals surface area contributed by atoms with Crippen molar-refractivity contribution in [1.29, 1.82) is 0 Å². The number of rotatable bonds is 4. The van der Waals surface area contributed by atoms with Gasteiger partial charge >= 0.3 is 0 Å². The Kier molecular flexibility index (Phi) is 4.70. The van der Waals surface area contributed by atoms with Gasteiger partial charge in [-0.1, -0.05) is 12.1 Å². The van der Waals surface area contributed by atoms with Gasteiger partial charge in [0.2, 0.25) is 0 Å². The molecule has 0 aliphatic heterocycles. The van der Waals surface area contributed by atoms with Crippen LogP contribution in [-0.4, -0.2) is 27.4 Å². The van der Waals surface area contributed by atoms with Crippen LogP contribution >= 0.6 is 0 Å². The summed E-state index contributed by atoms with van der Waals surface area (Å²) >= 11 is 0. The first kappa shape index (κ1) is 17.0. The molecule has 0 aliphatic rings. The topological polar surface area (TPSA) is 38.1 Å². The molecule has 4 nitrogen and oxygen atoms in total. The number of hydrogen-bond donors (Lipinski definition) is 0. The Labute approximate surface area is 148 Å². The normalized spacial score (nSPS) is 10.7. The Bertz CT molecular complexity index is 897. The second-order valence-electron chi connectivity index (χ2n) is 6.48. The van der Waals surface area contributed by atoms with E-state index in [0.717, 1.165) is 28.2 Å². The van der Waals surface area contributed by atoms with Crippen molar-refractivity contribution in [3.05, 3.63) is 82.9 Å². The molecule has 0 fully saturated rings. The minimum Gasteiger partial charge on any atom is -0.337 e. The third-order valence-corrected chi connectivity index (χ3v) is 4.44. The van der Waals surface area contributed by atoms with Crippen LogP contribution in [0.2, 0.25) is 0 Å². The summed E-state index contributed by atoms with van der Waals surface area (Å²) < 4.78 is 2.14. The van der Waals surface area contributed by atoms with Gasteiger partial charge in [-0.25, -0.2) is 0 Å². The van der Waals surface area contributed by atoms with Crippen LogP contribution in [0.15, 0.2) is 54.9 Å². The lowest BCUT2D eigenvalue weighted by Gasteiger charge is -2.17. The number of aryl methyl sites for hydroxylation is 2. The number of aromatic nitrogens is 2. The molecule has 3 aromatic rings. The zero-order valence-electron chi connectivity index (χ0n) is 15.2. The average Bonchev–Trinajstić information content (AvgIpc) is 2.89. The predicted octanol–water partition coefficient (Wildman–Crippen LogP) is 4.07. The lowest BCUT2D eigenvalue weighted by molar-refractivity contribution is 0.0784. The SMILES string of the molecule is Cc1cccc(-n2c(C)cc(C(=O)N(C)Cc3ccncc3)c2C)c1. The number of benzene rings is 1. The third kappa shape index (κ3) is 3.48. The first-order valence-corrected chi connectivity index (χ1v) is 8.37. The molecule has 0 radical (unpaired) electrons. The number of nitrogens with zero attached hydrogens (tertiary/aromatic N) is 3. The fourth-order valence-electron chi connectivity index (χ4n) is 3.18. The molecule has 0 spiro atoms. The number of amides is 1.